The highest BCUT2D eigenvalue weighted by atomic mass is 79.9. The van der Waals surface area contributed by atoms with Gasteiger partial charge in [-0.3, -0.25) is 4.79 Å². The van der Waals surface area contributed by atoms with Crippen molar-refractivity contribution in [1.29, 1.82) is 0 Å². The summed E-state index contributed by atoms with van der Waals surface area (Å²) in [5.41, 5.74) is 1.46. The van der Waals surface area contributed by atoms with Crippen LogP contribution in [0.1, 0.15) is 10.4 Å². The first kappa shape index (κ1) is 14.0. The minimum atomic E-state index is 0.594. The summed E-state index contributed by atoms with van der Waals surface area (Å²) in [4.78, 5) is 12.0. The van der Waals surface area contributed by atoms with Crippen molar-refractivity contribution in [2.45, 2.75) is 10.1 Å². The lowest BCUT2D eigenvalue weighted by molar-refractivity contribution is 0.112. The molecule has 0 radical (unpaired) electrons. The predicted octanol–water partition coefficient (Wildman–Crippen LogP) is 3.39. The predicted molar refractivity (Wildman–Crippen MR) is 82.8 cm³/mol. The topological polar surface area (TPSA) is 60.7 Å². The fourth-order valence-electron chi connectivity index (χ4n) is 1.78. The monoisotopic (exact) mass is 360 g/mol. The molecule has 2 aromatic carbocycles. The maximum atomic E-state index is 11.2. The van der Waals surface area contributed by atoms with Crippen molar-refractivity contribution < 1.29 is 4.79 Å². The highest BCUT2D eigenvalue weighted by molar-refractivity contribution is 9.10. The van der Waals surface area contributed by atoms with E-state index in [2.05, 4.69) is 31.5 Å². The van der Waals surface area contributed by atoms with Gasteiger partial charge < -0.3 is 0 Å². The van der Waals surface area contributed by atoms with Gasteiger partial charge in [-0.25, -0.2) is 0 Å². The molecule has 0 fully saturated rings. The maximum Gasteiger partial charge on any atom is 0.218 e. The Labute approximate surface area is 133 Å². The normalized spacial score (nSPS) is 10.5. The van der Waals surface area contributed by atoms with Crippen molar-refractivity contribution >= 4 is 34.0 Å². The van der Waals surface area contributed by atoms with Crippen molar-refractivity contribution in [3.63, 3.8) is 0 Å². The number of hydrogen-bond donors (Lipinski definition) is 0. The minimum Gasteiger partial charge on any atom is -0.298 e. The van der Waals surface area contributed by atoms with Gasteiger partial charge in [0, 0.05) is 14.9 Å². The van der Waals surface area contributed by atoms with Crippen LogP contribution in [0.2, 0.25) is 0 Å². The molecule has 1 heterocycles. The van der Waals surface area contributed by atoms with Crippen molar-refractivity contribution in [3.05, 3.63) is 58.6 Å². The van der Waals surface area contributed by atoms with Gasteiger partial charge in [-0.1, -0.05) is 34.1 Å². The Bertz CT molecular complexity index is 776. The van der Waals surface area contributed by atoms with Crippen LogP contribution < -0.4 is 0 Å². The average molecular weight is 361 g/mol. The van der Waals surface area contributed by atoms with Crippen LogP contribution in [-0.4, -0.2) is 26.5 Å². The van der Waals surface area contributed by atoms with Gasteiger partial charge in [-0.15, -0.1) is 5.10 Å². The zero-order chi connectivity index (χ0) is 14.7. The van der Waals surface area contributed by atoms with Crippen LogP contribution in [0.15, 0.2) is 63.1 Å². The van der Waals surface area contributed by atoms with E-state index < -0.39 is 0 Å². The first-order valence-corrected chi connectivity index (χ1v) is 7.65. The van der Waals surface area contributed by atoms with Gasteiger partial charge >= 0.3 is 0 Å². The number of para-hydroxylation sites is 1. The minimum absolute atomic E-state index is 0.594. The van der Waals surface area contributed by atoms with Crippen molar-refractivity contribution in [2.75, 3.05) is 0 Å². The number of aromatic nitrogens is 4. The van der Waals surface area contributed by atoms with E-state index in [4.69, 9.17) is 0 Å². The fourth-order valence-corrected chi connectivity index (χ4v) is 3.02. The SMILES string of the molecule is O=Cc1cc(Br)ccc1Sc1nnnn1-c1ccccc1. The number of halogens is 1. The Balaban J connectivity index is 1.97. The number of benzene rings is 2. The van der Waals surface area contributed by atoms with Crippen LogP contribution in [0.5, 0.6) is 0 Å². The molecule has 0 saturated carbocycles. The molecular weight excluding hydrogens is 352 g/mol. The summed E-state index contributed by atoms with van der Waals surface area (Å²) in [6.07, 6.45) is 0.823. The first-order chi connectivity index (χ1) is 10.3. The van der Waals surface area contributed by atoms with Gasteiger partial charge in [0.1, 0.15) is 0 Å². The third-order valence-corrected chi connectivity index (χ3v) is 4.26. The Morgan fingerprint density at radius 1 is 1.14 bits per heavy atom. The second kappa shape index (κ2) is 6.19. The van der Waals surface area contributed by atoms with Gasteiger partial charge in [0.2, 0.25) is 5.16 Å². The van der Waals surface area contributed by atoms with Crippen LogP contribution in [-0.2, 0) is 0 Å². The van der Waals surface area contributed by atoms with Crippen LogP contribution in [0, 0.1) is 0 Å². The standard InChI is InChI=1S/C14H9BrN4OS/c15-11-6-7-13(10(8-11)9-20)21-14-16-17-18-19(14)12-4-2-1-3-5-12/h1-9H. The zero-order valence-corrected chi connectivity index (χ0v) is 13.1. The molecule has 0 aliphatic carbocycles. The Kier molecular flexibility index (Phi) is 4.12. The number of aldehydes is 1. The van der Waals surface area contributed by atoms with E-state index in [0.29, 0.717) is 10.7 Å². The average Bonchev–Trinajstić information content (AvgIpc) is 2.98. The van der Waals surface area contributed by atoms with E-state index in [-0.39, 0.29) is 0 Å². The van der Waals surface area contributed by atoms with Crippen LogP contribution in [0.3, 0.4) is 0 Å². The molecule has 0 atom stereocenters. The molecule has 0 amide bonds. The van der Waals surface area contributed by atoms with Crippen molar-refractivity contribution in [2.24, 2.45) is 0 Å². The number of hydrogen-bond acceptors (Lipinski definition) is 5. The lowest BCUT2D eigenvalue weighted by atomic mass is 10.2. The molecule has 0 unspecified atom stereocenters. The molecule has 5 nitrogen and oxygen atoms in total. The molecule has 21 heavy (non-hydrogen) atoms. The number of carbonyl (C=O) groups excluding carboxylic acids is 1. The first-order valence-electron chi connectivity index (χ1n) is 6.04. The van der Waals surface area contributed by atoms with Crippen LogP contribution in [0.4, 0.5) is 0 Å². The molecule has 0 aliphatic heterocycles. The molecule has 0 saturated heterocycles. The van der Waals surface area contributed by atoms with Gasteiger partial charge in [-0.2, -0.15) is 4.68 Å². The summed E-state index contributed by atoms with van der Waals surface area (Å²) in [7, 11) is 0. The Hall–Kier alpha value is -1.99. The van der Waals surface area contributed by atoms with Gasteiger partial charge in [0.05, 0.1) is 5.69 Å². The maximum absolute atomic E-state index is 11.2. The van der Waals surface area contributed by atoms with Crippen molar-refractivity contribution in [1.82, 2.24) is 20.2 Å². The quantitative estimate of drug-likeness (QED) is 0.667. The molecule has 0 aliphatic rings. The Morgan fingerprint density at radius 3 is 2.71 bits per heavy atom. The summed E-state index contributed by atoms with van der Waals surface area (Å²) >= 11 is 4.70. The third-order valence-electron chi connectivity index (χ3n) is 2.74. The molecule has 7 heteroatoms. The van der Waals surface area contributed by atoms with Gasteiger partial charge in [0.15, 0.2) is 6.29 Å². The highest BCUT2D eigenvalue weighted by Crippen LogP contribution is 2.30. The molecule has 3 rings (SSSR count). The lowest BCUT2D eigenvalue weighted by Gasteiger charge is -2.06. The molecule has 0 spiro atoms. The van der Waals surface area contributed by atoms with E-state index in [1.54, 1.807) is 10.7 Å². The molecule has 1 aromatic heterocycles. The van der Waals surface area contributed by atoms with Crippen LogP contribution in [0.25, 0.3) is 5.69 Å². The highest BCUT2D eigenvalue weighted by Gasteiger charge is 2.12. The van der Waals surface area contributed by atoms with E-state index in [1.807, 2.05) is 42.5 Å². The molecular formula is C14H9BrN4OS. The van der Waals surface area contributed by atoms with E-state index >= 15 is 0 Å². The lowest BCUT2D eigenvalue weighted by Crippen LogP contribution is -1.98. The summed E-state index contributed by atoms with van der Waals surface area (Å²) in [6, 6.07) is 15.1. The van der Waals surface area contributed by atoms with Crippen molar-refractivity contribution in [3.8, 4) is 5.69 Å². The number of rotatable bonds is 4. The van der Waals surface area contributed by atoms with Gasteiger partial charge in [0.25, 0.3) is 0 Å². The summed E-state index contributed by atoms with van der Waals surface area (Å²) < 4.78 is 2.50. The third kappa shape index (κ3) is 3.03. The smallest absolute Gasteiger partial charge is 0.218 e. The van der Waals surface area contributed by atoms with E-state index in [0.717, 1.165) is 21.3 Å². The molecule has 0 N–H and O–H groups in total. The molecule has 0 bridgehead atoms. The van der Waals surface area contributed by atoms with E-state index in [1.165, 1.54) is 11.8 Å². The summed E-state index contributed by atoms with van der Waals surface area (Å²) in [5, 5.41) is 12.3. The van der Waals surface area contributed by atoms with E-state index in [9.17, 15) is 4.79 Å². The zero-order valence-electron chi connectivity index (χ0n) is 10.7. The summed E-state index contributed by atoms with van der Waals surface area (Å²) in [6.45, 7) is 0. The Morgan fingerprint density at radius 2 is 1.95 bits per heavy atom. The molecule has 3 aromatic rings. The van der Waals surface area contributed by atoms with Crippen LogP contribution >= 0.6 is 27.7 Å². The second-order valence-electron chi connectivity index (χ2n) is 4.11. The largest absolute Gasteiger partial charge is 0.298 e. The fraction of sp³-hybridized carbons (Fsp3) is 0. The number of tetrazole rings is 1. The number of carbonyl (C=O) groups is 1. The second-order valence-corrected chi connectivity index (χ2v) is 6.04. The number of nitrogens with zero attached hydrogens (tertiary/aromatic N) is 4. The van der Waals surface area contributed by atoms with Gasteiger partial charge in [-0.05, 0) is 52.5 Å². The summed E-state index contributed by atoms with van der Waals surface area (Å²) in [5.74, 6) is 0. The molecule has 104 valence electrons.